The van der Waals surface area contributed by atoms with Crippen LogP contribution in [0.15, 0.2) is 71.9 Å². The Morgan fingerprint density at radius 1 is 1.06 bits per heavy atom. The van der Waals surface area contributed by atoms with Gasteiger partial charge in [-0.25, -0.2) is 8.42 Å². The van der Waals surface area contributed by atoms with Crippen LogP contribution in [0.3, 0.4) is 0 Å². The molecule has 0 unspecified atom stereocenters. The van der Waals surface area contributed by atoms with Crippen molar-refractivity contribution >= 4 is 21.6 Å². The molecule has 0 saturated heterocycles. The largest absolute Gasteiger partial charge is 0.418 e. The summed E-state index contributed by atoms with van der Waals surface area (Å²) in [7, 11) is -4.30. The lowest BCUT2D eigenvalue weighted by Crippen LogP contribution is -2.24. The van der Waals surface area contributed by atoms with Gasteiger partial charge in [-0.05, 0) is 48.9 Å². The maximum absolute atomic E-state index is 13.4. The van der Waals surface area contributed by atoms with E-state index < -0.39 is 33.4 Å². The van der Waals surface area contributed by atoms with Gasteiger partial charge in [0, 0.05) is 24.5 Å². The lowest BCUT2D eigenvalue weighted by atomic mass is 10.1. The average molecular weight is 449 g/mol. The van der Waals surface area contributed by atoms with Gasteiger partial charge in [0.1, 0.15) is 0 Å². The SMILES string of the molecule is Cc1ccc(S(=O)(=O)Nc2cc(C(=O)NCc3cccnc3)ccc2C(F)(F)F)cc1. The van der Waals surface area contributed by atoms with Gasteiger partial charge in [-0.2, -0.15) is 13.2 Å². The monoisotopic (exact) mass is 449 g/mol. The highest BCUT2D eigenvalue weighted by atomic mass is 32.2. The van der Waals surface area contributed by atoms with Crippen molar-refractivity contribution in [1.29, 1.82) is 0 Å². The van der Waals surface area contributed by atoms with Crippen LogP contribution in [-0.4, -0.2) is 19.3 Å². The van der Waals surface area contributed by atoms with E-state index in [-0.39, 0.29) is 17.0 Å². The van der Waals surface area contributed by atoms with Crippen molar-refractivity contribution in [3.05, 3.63) is 89.2 Å². The second kappa shape index (κ2) is 8.76. The molecular formula is C21H18F3N3O3S. The quantitative estimate of drug-likeness (QED) is 0.592. The van der Waals surface area contributed by atoms with Crippen LogP contribution in [0.25, 0.3) is 0 Å². The summed E-state index contributed by atoms with van der Waals surface area (Å²) in [6, 6.07) is 11.6. The van der Waals surface area contributed by atoms with E-state index in [2.05, 4.69) is 10.3 Å². The fourth-order valence-electron chi connectivity index (χ4n) is 2.73. The van der Waals surface area contributed by atoms with E-state index in [1.54, 1.807) is 25.3 Å². The van der Waals surface area contributed by atoms with Crippen molar-refractivity contribution < 1.29 is 26.4 Å². The summed E-state index contributed by atoms with van der Waals surface area (Å²) in [6.07, 6.45) is -1.72. The summed E-state index contributed by atoms with van der Waals surface area (Å²) in [5, 5.41) is 2.56. The van der Waals surface area contributed by atoms with E-state index in [1.165, 1.54) is 30.5 Å². The molecule has 0 radical (unpaired) electrons. The molecule has 0 atom stereocenters. The number of hydrogen-bond acceptors (Lipinski definition) is 4. The molecule has 2 N–H and O–H groups in total. The predicted molar refractivity (Wildman–Crippen MR) is 109 cm³/mol. The predicted octanol–water partition coefficient (Wildman–Crippen LogP) is 4.14. The smallest absolute Gasteiger partial charge is 0.348 e. The molecule has 1 heterocycles. The molecule has 10 heteroatoms. The first-order valence-electron chi connectivity index (χ1n) is 9.04. The van der Waals surface area contributed by atoms with Crippen LogP contribution in [0, 0.1) is 6.92 Å². The highest BCUT2D eigenvalue weighted by Crippen LogP contribution is 2.36. The molecular weight excluding hydrogens is 431 g/mol. The van der Waals surface area contributed by atoms with Crippen LogP contribution in [0.5, 0.6) is 0 Å². The minimum Gasteiger partial charge on any atom is -0.348 e. The molecule has 162 valence electrons. The van der Waals surface area contributed by atoms with E-state index in [9.17, 15) is 26.4 Å². The molecule has 3 aromatic rings. The van der Waals surface area contributed by atoms with Crippen LogP contribution < -0.4 is 10.0 Å². The van der Waals surface area contributed by atoms with Crippen LogP contribution in [0.1, 0.15) is 27.0 Å². The number of carbonyl (C=O) groups excluding carboxylic acids is 1. The Balaban J connectivity index is 1.90. The Hall–Kier alpha value is -3.40. The minimum atomic E-state index is -4.82. The number of hydrogen-bond donors (Lipinski definition) is 2. The Morgan fingerprint density at radius 3 is 2.39 bits per heavy atom. The number of carbonyl (C=O) groups is 1. The number of pyridine rings is 1. The molecule has 3 rings (SSSR count). The molecule has 0 aliphatic carbocycles. The lowest BCUT2D eigenvalue weighted by molar-refractivity contribution is -0.136. The second-order valence-electron chi connectivity index (χ2n) is 6.72. The van der Waals surface area contributed by atoms with Crippen LogP contribution >= 0.6 is 0 Å². The molecule has 0 fully saturated rings. The molecule has 0 saturated carbocycles. The fourth-order valence-corrected chi connectivity index (χ4v) is 3.80. The Bertz CT molecular complexity index is 1180. The van der Waals surface area contributed by atoms with Crippen molar-refractivity contribution in [2.75, 3.05) is 4.72 Å². The fraction of sp³-hybridized carbons (Fsp3) is 0.143. The molecule has 0 aliphatic heterocycles. The number of nitrogens with zero attached hydrogens (tertiary/aromatic N) is 1. The van der Waals surface area contributed by atoms with Crippen molar-refractivity contribution in [3.8, 4) is 0 Å². The third-order valence-electron chi connectivity index (χ3n) is 4.34. The summed E-state index contributed by atoms with van der Waals surface area (Å²) in [4.78, 5) is 16.1. The number of anilines is 1. The standard InChI is InChI=1S/C21H18F3N3O3S/c1-14-4-7-17(8-5-14)31(29,30)27-19-11-16(6-9-18(19)21(22,23)24)20(28)26-13-15-3-2-10-25-12-15/h2-12,27H,13H2,1H3,(H,26,28). The van der Waals surface area contributed by atoms with Crippen molar-refractivity contribution in [2.45, 2.75) is 24.5 Å². The van der Waals surface area contributed by atoms with Gasteiger partial charge in [-0.3, -0.25) is 14.5 Å². The minimum absolute atomic E-state index is 0.109. The summed E-state index contributed by atoms with van der Waals surface area (Å²) in [5.41, 5.74) is -0.571. The number of amides is 1. The number of aromatic nitrogens is 1. The maximum Gasteiger partial charge on any atom is 0.418 e. The van der Waals surface area contributed by atoms with Crippen LogP contribution in [0.2, 0.25) is 0 Å². The van der Waals surface area contributed by atoms with Gasteiger partial charge in [0.25, 0.3) is 15.9 Å². The second-order valence-corrected chi connectivity index (χ2v) is 8.40. The molecule has 0 bridgehead atoms. The Morgan fingerprint density at radius 2 is 1.77 bits per heavy atom. The van der Waals surface area contributed by atoms with E-state index >= 15 is 0 Å². The van der Waals surface area contributed by atoms with Gasteiger partial charge >= 0.3 is 6.18 Å². The van der Waals surface area contributed by atoms with Crippen molar-refractivity contribution in [1.82, 2.24) is 10.3 Å². The number of halogens is 3. The zero-order chi connectivity index (χ0) is 22.6. The van der Waals surface area contributed by atoms with Gasteiger partial charge in [0.2, 0.25) is 0 Å². The van der Waals surface area contributed by atoms with Gasteiger partial charge in [-0.15, -0.1) is 0 Å². The molecule has 6 nitrogen and oxygen atoms in total. The first-order valence-corrected chi connectivity index (χ1v) is 10.5. The number of benzene rings is 2. The average Bonchev–Trinajstić information content (AvgIpc) is 2.72. The Labute approximate surface area is 177 Å². The molecule has 1 amide bonds. The van der Waals surface area contributed by atoms with Crippen LogP contribution in [0.4, 0.5) is 18.9 Å². The van der Waals surface area contributed by atoms with E-state index in [0.717, 1.165) is 17.7 Å². The number of aryl methyl sites for hydroxylation is 1. The first kappa shape index (κ1) is 22.3. The zero-order valence-electron chi connectivity index (χ0n) is 16.3. The maximum atomic E-state index is 13.4. The van der Waals surface area contributed by atoms with Gasteiger partial charge in [0.15, 0.2) is 0 Å². The number of rotatable bonds is 6. The molecule has 1 aromatic heterocycles. The van der Waals surface area contributed by atoms with E-state index in [4.69, 9.17) is 0 Å². The van der Waals surface area contributed by atoms with Crippen molar-refractivity contribution in [2.24, 2.45) is 0 Å². The van der Waals surface area contributed by atoms with E-state index in [0.29, 0.717) is 11.6 Å². The topological polar surface area (TPSA) is 88.2 Å². The van der Waals surface area contributed by atoms with E-state index in [1.807, 2.05) is 4.72 Å². The highest BCUT2D eigenvalue weighted by Gasteiger charge is 2.35. The van der Waals surface area contributed by atoms with Crippen LogP contribution in [-0.2, 0) is 22.7 Å². The lowest BCUT2D eigenvalue weighted by Gasteiger charge is -2.16. The molecule has 2 aromatic carbocycles. The van der Waals surface area contributed by atoms with Gasteiger partial charge in [0.05, 0.1) is 16.1 Å². The summed E-state index contributed by atoms with van der Waals surface area (Å²) in [6.45, 7) is 1.86. The number of nitrogens with one attached hydrogen (secondary N) is 2. The zero-order valence-corrected chi connectivity index (χ0v) is 17.1. The van der Waals surface area contributed by atoms with Crippen molar-refractivity contribution in [3.63, 3.8) is 0 Å². The van der Waals surface area contributed by atoms with Gasteiger partial charge < -0.3 is 5.32 Å². The Kier molecular flexibility index (Phi) is 6.30. The molecule has 0 spiro atoms. The normalized spacial score (nSPS) is 11.7. The molecule has 0 aliphatic rings. The number of sulfonamides is 1. The first-order chi connectivity index (χ1) is 14.6. The molecule has 31 heavy (non-hydrogen) atoms. The third-order valence-corrected chi connectivity index (χ3v) is 5.72. The third kappa shape index (κ3) is 5.60. The summed E-state index contributed by atoms with van der Waals surface area (Å²) in [5.74, 6) is -0.659. The number of alkyl halides is 3. The summed E-state index contributed by atoms with van der Waals surface area (Å²) < 4.78 is 67.5. The highest BCUT2D eigenvalue weighted by molar-refractivity contribution is 7.92. The van der Waals surface area contributed by atoms with Gasteiger partial charge in [-0.1, -0.05) is 23.8 Å². The summed E-state index contributed by atoms with van der Waals surface area (Å²) >= 11 is 0.